The number of benzene rings is 1. The standard InChI is InChI=1S/C38H50N2O11/c1-7-39-17-35(18-50-33(44)21-10-8-9-11-24(21)40-27(42)14-19(2)32(40)43)13-12-26(48-5)37-23-15-22-25(47-4)16-36(45,28(23)29(22)51-20(3)41)38(46,34(37)39)31(49-6)30(35)37/h8-11,19,22-23,25-26,28-31,34,45-46H,7,12-18H2,1-6H3/p+1/t19?,22-,23-,25+,26?,28-,29+,30-,31+,34+,35+,36-,37?,38+/m1/s1. The van der Waals surface area contributed by atoms with Crippen molar-refractivity contribution in [1.82, 2.24) is 0 Å². The molecule has 15 atom stereocenters. The molecule has 3 N–H and O–H groups in total. The zero-order valence-corrected chi connectivity index (χ0v) is 30.3. The molecule has 7 fully saturated rings. The van der Waals surface area contributed by atoms with Crippen molar-refractivity contribution in [2.75, 3.05) is 45.9 Å². The van der Waals surface area contributed by atoms with Gasteiger partial charge in [-0.1, -0.05) is 19.1 Å². The second kappa shape index (κ2) is 11.8. The molecule has 7 bridgehead atoms. The van der Waals surface area contributed by atoms with Gasteiger partial charge >= 0.3 is 11.9 Å². The lowest BCUT2D eigenvalue weighted by Gasteiger charge is -2.67. The van der Waals surface area contributed by atoms with Crippen molar-refractivity contribution in [3.63, 3.8) is 0 Å². The number of methoxy groups -OCH3 is 3. The van der Waals surface area contributed by atoms with E-state index in [1.54, 1.807) is 52.5 Å². The van der Waals surface area contributed by atoms with Crippen LogP contribution in [0.4, 0.5) is 5.69 Å². The van der Waals surface area contributed by atoms with Crippen LogP contribution in [0.3, 0.4) is 0 Å². The maximum atomic E-state index is 14.1. The average Bonchev–Trinajstić information content (AvgIpc) is 3.61. The second-order valence-electron chi connectivity index (χ2n) is 16.5. The minimum atomic E-state index is -1.78. The number of ether oxygens (including phenoxy) is 5. The van der Waals surface area contributed by atoms with Crippen molar-refractivity contribution in [2.24, 2.45) is 40.4 Å². The van der Waals surface area contributed by atoms with Crippen molar-refractivity contribution in [3.05, 3.63) is 29.8 Å². The maximum absolute atomic E-state index is 14.1. The van der Waals surface area contributed by atoms with Gasteiger partial charge in [0.2, 0.25) is 11.8 Å². The summed E-state index contributed by atoms with van der Waals surface area (Å²) < 4.78 is 31.2. The third-order valence-corrected chi connectivity index (χ3v) is 14.8. The van der Waals surface area contributed by atoms with Crippen LogP contribution in [0.2, 0.25) is 0 Å². The summed E-state index contributed by atoms with van der Waals surface area (Å²) in [5.41, 5.74) is -4.58. The van der Waals surface area contributed by atoms with E-state index in [0.29, 0.717) is 32.4 Å². The molecule has 1 spiro atoms. The summed E-state index contributed by atoms with van der Waals surface area (Å²) in [6.45, 7) is 6.33. The molecule has 2 saturated heterocycles. The Morgan fingerprint density at radius 2 is 1.82 bits per heavy atom. The molecule has 8 rings (SSSR count). The summed E-state index contributed by atoms with van der Waals surface area (Å²) in [5.74, 6) is -3.65. The summed E-state index contributed by atoms with van der Waals surface area (Å²) in [7, 11) is 4.88. The van der Waals surface area contributed by atoms with Crippen molar-refractivity contribution >= 4 is 29.4 Å². The van der Waals surface area contributed by atoms with E-state index in [1.165, 1.54) is 6.92 Å². The molecule has 2 aliphatic heterocycles. The van der Waals surface area contributed by atoms with Gasteiger partial charge in [-0.05, 0) is 44.2 Å². The zero-order chi connectivity index (χ0) is 36.4. The Morgan fingerprint density at radius 1 is 1.08 bits per heavy atom. The number of para-hydroxylation sites is 1. The van der Waals surface area contributed by atoms with Gasteiger partial charge in [-0.3, -0.25) is 14.4 Å². The zero-order valence-electron chi connectivity index (χ0n) is 30.3. The molecule has 0 radical (unpaired) electrons. The number of nitrogens with one attached hydrogen (secondary N) is 1. The lowest BCUT2D eigenvalue weighted by atomic mass is 9.42. The van der Waals surface area contributed by atoms with Crippen LogP contribution >= 0.6 is 0 Å². The van der Waals surface area contributed by atoms with Gasteiger partial charge in [-0.2, -0.15) is 0 Å². The van der Waals surface area contributed by atoms with E-state index in [1.807, 2.05) is 0 Å². The van der Waals surface area contributed by atoms with Crippen molar-refractivity contribution in [2.45, 2.75) is 94.5 Å². The monoisotopic (exact) mass is 711 g/mol. The molecule has 1 aromatic rings. The highest BCUT2D eigenvalue weighted by molar-refractivity contribution is 6.22. The number of anilines is 1. The number of piperidine rings is 1. The first-order chi connectivity index (χ1) is 24.3. The van der Waals surface area contributed by atoms with Crippen LogP contribution in [-0.2, 0) is 38.1 Å². The number of quaternary nitrogens is 1. The molecule has 2 amide bonds. The van der Waals surface area contributed by atoms with Crippen molar-refractivity contribution in [1.29, 1.82) is 0 Å². The van der Waals surface area contributed by atoms with Gasteiger partial charge < -0.3 is 38.8 Å². The van der Waals surface area contributed by atoms with Crippen LogP contribution in [0, 0.1) is 40.4 Å². The molecule has 278 valence electrons. The van der Waals surface area contributed by atoms with Crippen LogP contribution in [0.5, 0.6) is 0 Å². The molecule has 7 aliphatic rings. The number of rotatable bonds is 9. The molecule has 1 aromatic carbocycles. The van der Waals surface area contributed by atoms with Crippen LogP contribution < -0.4 is 9.80 Å². The fraction of sp³-hybridized carbons (Fsp3) is 0.737. The number of esters is 2. The van der Waals surface area contributed by atoms with Gasteiger partial charge in [0.05, 0.1) is 53.5 Å². The van der Waals surface area contributed by atoms with Gasteiger partial charge in [-0.25, -0.2) is 9.69 Å². The van der Waals surface area contributed by atoms with Crippen LogP contribution in [0.15, 0.2) is 24.3 Å². The largest absolute Gasteiger partial charge is 0.462 e. The SMILES string of the molecule is CC[NH+]1C[C@]2(COC(=O)c3ccccc3N3C(=O)CC(C)C3=O)CCC(OC)C34[C@@H]5C[C@H]6[C@H](OC(C)=O)[C@@H]5[C@](O)(C[C@@H]6OC)[C@](O)([C@@H](OC)[C@@H]32)[C@@H]14. The molecule has 51 heavy (non-hydrogen) atoms. The van der Waals surface area contributed by atoms with E-state index >= 15 is 0 Å². The summed E-state index contributed by atoms with van der Waals surface area (Å²) in [4.78, 5) is 54.7. The Kier molecular flexibility index (Phi) is 8.11. The molecule has 4 unspecified atom stereocenters. The lowest BCUT2D eigenvalue weighted by molar-refractivity contribution is -0.956. The number of imide groups is 1. The fourth-order valence-electron chi connectivity index (χ4n) is 13.4. The van der Waals surface area contributed by atoms with Crippen LogP contribution in [-0.4, -0.2) is 117 Å². The first kappa shape index (κ1) is 35.1. The highest BCUT2D eigenvalue weighted by Crippen LogP contribution is 2.78. The predicted octanol–water partition coefficient (Wildman–Crippen LogP) is 0.535. The van der Waals surface area contributed by atoms with Gasteiger partial charge in [0.25, 0.3) is 0 Å². The smallest absolute Gasteiger partial charge is 0.340 e. The first-order valence-electron chi connectivity index (χ1n) is 18.5. The Morgan fingerprint density at radius 3 is 2.45 bits per heavy atom. The highest BCUT2D eigenvalue weighted by atomic mass is 16.6. The number of nitrogens with zero attached hydrogens (tertiary/aromatic N) is 1. The van der Waals surface area contributed by atoms with Crippen molar-refractivity contribution < 1.29 is 58.0 Å². The van der Waals surface area contributed by atoms with Gasteiger partial charge in [0.1, 0.15) is 24.4 Å². The molecule has 0 aromatic heterocycles. The van der Waals surface area contributed by atoms with Gasteiger partial charge in [0.15, 0.2) is 5.60 Å². The Balaban J connectivity index is 1.24. The maximum Gasteiger partial charge on any atom is 0.340 e. The number of fused-ring (bicyclic) bond motifs is 2. The minimum absolute atomic E-state index is 0.000782. The van der Waals surface area contributed by atoms with Crippen LogP contribution in [0.25, 0.3) is 0 Å². The predicted molar refractivity (Wildman–Crippen MR) is 178 cm³/mol. The Bertz CT molecular complexity index is 1650. The average molecular weight is 712 g/mol. The number of likely N-dealkylation sites (N-methyl/N-ethyl adjacent to an activating group) is 1. The number of hydrogen-bond donors (Lipinski definition) is 3. The number of amides is 2. The third kappa shape index (κ3) is 4.19. The van der Waals surface area contributed by atoms with E-state index in [-0.39, 0.29) is 66.4 Å². The number of likely N-dealkylation sites (tertiary alicyclic amines) is 1. The van der Waals surface area contributed by atoms with Gasteiger partial charge in [0, 0.05) is 64.8 Å². The molecular weight excluding hydrogens is 660 g/mol. The van der Waals surface area contributed by atoms with Crippen LogP contribution in [0.1, 0.15) is 63.2 Å². The molecule has 5 aliphatic carbocycles. The summed E-state index contributed by atoms with van der Waals surface area (Å²) >= 11 is 0. The number of aliphatic hydroxyl groups is 2. The summed E-state index contributed by atoms with van der Waals surface area (Å²) in [5, 5.41) is 26.7. The molecule has 2 heterocycles. The molecular formula is C38H51N2O11+. The number of carbonyl (C=O) groups is 4. The fourth-order valence-corrected chi connectivity index (χ4v) is 13.4. The van der Waals surface area contributed by atoms with Crippen molar-refractivity contribution in [3.8, 4) is 0 Å². The Labute approximate surface area is 297 Å². The third-order valence-electron chi connectivity index (χ3n) is 14.8. The topological polar surface area (TPSA) is 163 Å². The summed E-state index contributed by atoms with van der Waals surface area (Å²) in [6.07, 6.45) is -0.179. The molecule has 5 saturated carbocycles. The van der Waals surface area contributed by atoms with E-state index in [0.717, 1.165) is 9.80 Å². The first-order valence-corrected chi connectivity index (χ1v) is 18.5. The number of hydrogen-bond acceptors (Lipinski definition) is 11. The second-order valence-corrected chi connectivity index (χ2v) is 16.5. The van der Waals surface area contributed by atoms with E-state index in [4.69, 9.17) is 23.7 Å². The quantitative estimate of drug-likeness (QED) is 0.242. The Hall–Kier alpha value is -2.94. The minimum Gasteiger partial charge on any atom is -0.462 e. The lowest BCUT2D eigenvalue weighted by Crippen LogP contribution is -3.23. The summed E-state index contributed by atoms with van der Waals surface area (Å²) in [6, 6.07) is 6.05. The normalized spacial score (nSPS) is 47.5. The van der Waals surface area contributed by atoms with E-state index < -0.39 is 70.2 Å². The molecule has 13 nitrogen and oxygen atoms in total. The molecule has 13 heteroatoms. The van der Waals surface area contributed by atoms with E-state index in [2.05, 4.69) is 6.92 Å². The number of carbonyl (C=O) groups excluding carboxylic acids is 4. The van der Waals surface area contributed by atoms with E-state index in [9.17, 15) is 29.4 Å². The van der Waals surface area contributed by atoms with Gasteiger partial charge in [-0.15, -0.1) is 0 Å². The highest BCUT2D eigenvalue weighted by Gasteiger charge is 2.94.